The molecule has 4 nitrogen and oxygen atoms in total. The van der Waals surface area contributed by atoms with Gasteiger partial charge in [-0.3, -0.25) is 9.80 Å². The molecule has 0 amide bonds. The summed E-state index contributed by atoms with van der Waals surface area (Å²) in [6.07, 6.45) is 2.89. The van der Waals surface area contributed by atoms with Crippen molar-refractivity contribution in [2.75, 3.05) is 26.2 Å². The summed E-state index contributed by atoms with van der Waals surface area (Å²) in [7, 11) is 0. The zero-order chi connectivity index (χ0) is 13.7. The lowest BCUT2D eigenvalue weighted by atomic mass is 10.1. The monoisotopic (exact) mass is 258 g/mol. The van der Waals surface area contributed by atoms with Crippen LogP contribution in [0.25, 0.3) is 0 Å². The van der Waals surface area contributed by atoms with Crippen molar-refractivity contribution in [3.63, 3.8) is 0 Å². The molecule has 2 rings (SSSR count). The van der Waals surface area contributed by atoms with E-state index in [2.05, 4.69) is 34.7 Å². The number of piperazine rings is 1. The number of nitriles is 1. The van der Waals surface area contributed by atoms with E-state index in [1.54, 1.807) is 6.20 Å². The summed E-state index contributed by atoms with van der Waals surface area (Å²) >= 11 is 0. The maximum Gasteiger partial charge on any atom is 0.144 e. The first-order chi connectivity index (χ1) is 9.24. The Balaban J connectivity index is 1.91. The van der Waals surface area contributed by atoms with Gasteiger partial charge in [0.25, 0.3) is 0 Å². The van der Waals surface area contributed by atoms with Gasteiger partial charge < -0.3 is 0 Å². The summed E-state index contributed by atoms with van der Waals surface area (Å²) in [4.78, 5) is 9.08. The van der Waals surface area contributed by atoms with E-state index in [9.17, 15) is 0 Å². The molecular weight excluding hydrogens is 236 g/mol. The van der Waals surface area contributed by atoms with Crippen LogP contribution in [0.4, 0.5) is 0 Å². The molecule has 0 aromatic carbocycles. The summed E-state index contributed by atoms with van der Waals surface area (Å²) in [5, 5.41) is 9.06. The minimum atomic E-state index is 0.562. The molecule has 0 spiro atoms. The molecule has 2 heterocycles. The lowest BCUT2D eigenvalue weighted by molar-refractivity contribution is 0.0962. The van der Waals surface area contributed by atoms with E-state index in [0.717, 1.165) is 38.3 Å². The van der Waals surface area contributed by atoms with Crippen LogP contribution in [0.2, 0.25) is 0 Å². The van der Waals surface area contributed by atoms with E-state index in [4.69, 9.17) is 5.26 Å². The molecule has 1 aromatic heterocycles. The van der Waals surface area contributed by atoms with Crippen LogP contribution in [-0.4, -0.2) is 47.0 Å². The Labute approximate surface area is 115 Å². The molecule has 4 heteroatoms. The highest BCUT2D eigenvalue weighted by molar-refractivity contribution is 5.30. The Morgan fingerprint density at radius 1 is 1.37 bits per heavy atom. The molecule has 19 heavy (non-hydrogen) atoms. The molecule has 1 atom stereocenters. The van der Waals surface area contributed by atoms with E-state index < -0.39 is 0 Å². The van der Waals surface area contributed by atoms with Crippen LogP contribution < -0.4 is 0 Å². The Morgan fingerprint density at radius 3 is 2.74 bits per heavy atom. The van der Waals surface area contributed by atoms with Gasteiger partial charge in [-0.15, -0.1) is 0 Å². The lowest BCUT2D eigenvalue weighted by Gasteiger charge is -2.37. The maximum absolute atomic E-state index is 9.06. The molecule has 0 aliphatic carbocycles. The van der Waals surface area contributed by atoms with E-state index in [0.29, 0.717) is 11.7 Å². The van der Waals surface area contributed by atoms with Crippen molar-refractivity contribution < 1.29 is 0 Å². The second-order valence-electron chi connectivity index (χ2n) is 5.19. The second-order valence-corrected chi connectivity index (χ2v) is 5.19. The minimum Gasteiger partial charge on any atom is -0.298 e. The van der Waals surface area contributed by atoms with Crippen molar-refractivity contribution in [1.29, 1.82) is 5.26 Å². The molecule has 0 N–H and O–H groups in total. The standard InChI is InChI=1S/C15H22N4/c1-3-13(2)19-9-7-18(8-10-19)12-14-5-4-6-17-15(14)11-16/h4-6,13H,3,7-10,12H2,1-2H3. The number of hydrogen-bond acceptors (Lipinski definition) is 4. The van der Waals surface area contributed by atoms with Crippen molar-refractivity contribution in [2.24, 2.45) is 0 Å². The molecular formula is C15H22N4. The van der Waals surface area contributed by atoms with Gasteiger partial charge in [0.15, 0.2) is 0 Å². The predicted octanol–water partition coefficient (Wildman–Crippen LogP) is 1.87. The molecule has 1 fully saturated rings. The van der Waals surface area contributed by atoms with Crippen LogP contribution in [-0.2, 0) is 6.54 Å². The van der Waals surface area contributed by atoms with Crippen molar-refractivity contribution in [3.05, 3.63) is 29.6 Å². The predicted molar refractivity (Wildman–Crippen MR) is 75.6 cm³/mol. The van der Waals surface area contributed by atoms with E-state index in [-0.39, 0.29) is 0 Å². The van der Waals surface area contributed by atoms with E-state index >= 15 is 0 Å². The maximum atomic E-state index is 9.06. The number of pyridine rings is 1. The zero-order valence-corrected chi connectivity index (χ0v) is 11.8. The van der Waals surface area contributed by atoms with Crippen molar-refractivity contribution >= 4 is 0 Å². The quantitative estimate of drug-likeness (QED) is 0.827. The third kappa shape index (κ3) is 3.52. The third-order valence-electron chi connectivity index (χ3n) is 4.01. The summed E-state index contributed by atoms with van der Waals surface area (Å²) in [6.45, 7) is 9.77. The van der Waals surface area contributed by atoms with Gasteiger partial charge in [-0.05, 0) is 19.4 Å². The SMILES string of the molecule is CCC(C)N1CCN(Cc2cccnc2C#N)CC1. The van der Waals surface area contributed by atoms with Gasteiger partial charge in [-0.25, -0.2) is 4.98 Å². The van der Waals surface area contributed by atoms with E-state index in [1.807, 2.05) is 12.1 Å². The molecule has 0 radical (unpaired) electrons. The Kier molecular flexibility index (Phi) is 4.89. The highest BCUT2D eigenvalue weighted by atomic mass is 15.3. The highest BCUT2D eigenvalue weighted by Gasteiger charge is 2.20. The number of rotatable bonds is 4. The van der Waals surface area contributed by atoms with Crippen LogP contribution in [0.15, 0.2) is 18.3 Å². The average molecular weight is 258 g/mol. The number of aromatic nitrogens is 1. The smallest absolute Gasteiger partial charge is 0.144 e. The van der Waals surface area contributed by atoms with Gasteiger partial charge >= 0.3 is 0 Å². The van der Waals surface area contributed by atoms with Crippen LogP contribution in [0, 0.1) is 11.3 Å². The average Bonchev–Trinajstić information content (AvgIpc) is 2.48. The first kappa shape index (κ1) is 14.0. The molecule has 0 bridgehead atoms. The normalized spacial score (nSPS) is 19.0. The molecule has 1 aliphatic heterocycles. The number of nitrogens with zero attached hydrogens (tertiary/aromatic N) is 4. The topological polar surface area (TPSA) is 43.2 Å². The largest absolute Gasteiger partial charge is 0.298 e. The van der Waals surface area contributed by atoms with Crippen LogP contribution in [0.5, 0.6) is 0 Å². The van der Waals surface area contributed by atoms with Crippen LogP contribution in [0.3, 0.4) is 0 Å². The van der Waals surface area contributed by atoms with Crippen LogP contribution in [0.1, 0.15) is 31.5 Å². The second kappa shape index (κ2) is 6.65. The Hall–Kier alpha value is -1.44. The first-order valence-corrected chi connectivity index (χ1v) is 7.05. The third-order valence-corrected chi connectivity index (χ3v) is 4.01. The van der Waals surface area contributed by atoms with Crippen molar-refractivity contribution in [2.45, 2.75) is 32.9 Å². The van der Waals surface area contributed by atoms with Crippen LogP contribution >= 0.6 is 0 Å². The summed E-state index contributed by atoms with van der Waals surface area (Å²) in [5.41, 5.74) is 1.61. The fourth-order valence-corrected chi connectivity index (χ4v) is 2.53. The van der Waals surface area contributed by atoms with E-state index in [1.165, 1.54) is 6.42 Å². The summed E-state index contributed by atoms with van der Waals surface area (Å²) < 4.78 is 0. The minimum absolute atomic E-state index is 0.562. The van der Waals surface area contributed by atoms with Gasteiger partial charge in [0, 0.05) is 50.5 Å². The van der Waals surface area contributed by atoms with Gasteiger partial charge in [0.05, 0.1) is 0 Å². The number of hydrogen-bond donors (Lipinski definition) is 0. The Morgan fingerprint density at radius 2 is 2.11 bits per heavy atom. The molecule has 0 saturated carbocycles. The molecule has 1 unspecified atom stereocenters. The Bertz CT molecular complexity index is 444. The van der Waals surface area contributed by atoms with Crippen molar-refractivity contribution in [3.8, 4) is 6.07 Å². The lowest BCUT2D eigenvalue weighted by Crippen LogP contribution is -2.49. The molecule has 1 saturated heterocycles. The zero-order valence-electron chi connectivity index (χ0n) is 11.8. The summed E-state index contributed by atoms with van der Waals surface area (Å²) in [6, 6.07) is 6.76. The van der Waals surface area contributed by atoms with Gasteiger partial charge in [0.1, 0.15) is 11.8 Å². The summed E-state index contributed by atoms with van der Waals surface area (Å²) in [5.74, 6) is 0. The highest BCUT2D eigenvalue weighted by Crippen LogP contribution is 2.13. The van der Waals surface area contributed by atoms with Gasteiger partial charge in [0.2, 0.25) is 0 Å². The van der Waals surface area contributed by atoms with Gasteiger partial charge in [-0.1, -0.05) is 13.0 Å². The van der Waals surface area contributed by atoms with Gasteiger partial charge in [-0.2, -0.15) is 5.26 Å². The fraction of sp³-hybridized carbons (Fsp3) is 0.600. The fourth-order valence-electron chi connectivity index (χ4n) is 2.53. The molecule has 1 aromatic rings. The molecule has 102 valence electrons. The first-order valence-electron chi connectivity index (χ1n) is 7.05. The molecule has 1 aliphatic rings. The van der Waals surface area contributed by atoms with Crippen molar-refractivity contribution in [1.82, 2.24) is 14.8 Å².